The van der Waals surface area contributed by atoms with Crippen molar-refractivity contribution in [2.45, 2.75) is 39.8 Å². The number of aromatic nitrogens is 2. The smallest absolute Gasteiger partial charge is 0.313 e. The molecule has 1 aromatic heterocycles. The Morgan fingerprint density at radius 2 is 2.12 bits per heavy atom. The van der Waals surface area contributed by atoms with E-state index in [1.54, 1.807) is 17.0 Å². The molecule has 5 nitrogen and oxygen atoms in total. The van der Waals surface area contributed by atoms with E-state index in [-0.39, 0.29) is 17.5 Å². The normalized spacial score (nSPS) is 11.2. The average Bonchev–Trinajstić information content (AvgIpc) is 2.25. The molecule has 0 aromatic carbocycles. The molecular formula is C12H21N3O2. The molecule has 0 radical (unpaired) electrons. The predicted molar refractivity (Wildman–Crippen MR) is 67.5 cm³/mol. The number of hydrogen-bond donors (Lipinski definition) is 1. The summed E-state index contributed by atoms with van der Waals surface area (Å²) in [6.07, 6.45) is 3.26. The van der Waals surface area contributed by atoms with Crippen LogP contribution in [0, 0.1) is 0 Å². The summed E-state index contributed by atoms with van der Waals surface area (Å²) in [4.78, 5) is 15.8. The lowest BCUT2D eigenvalue weighted by molar-refractivity contribution is 0.289. The van der Waals surface area contributed by atoms with Crippen molar-refractivity contribution in [1.82, 2.24) is 14.9 Å². The van der Waals surface area contributed by atoms with Crippen LogP contribution in [0.25, 0.3) is 0 Å². The fourth-order valence-corrected chi connectivity index (χ4v) is 1.41. The first-order valence-corrected chi connectivity index (χ1v) is 5.95. The van der Waals surface area contributed by atoms with Crippen molar-refractivity contribution in [3.8, 4) is 5.88 Å². The van der Waals surface area contributed by atoms with Crippen LogP contribution in [0.2, 0.25) is 0 Å². The first-order valence-electron chi connectivity index (χ1n) is 5.95. The summed E-state index contributed by atoms with van der Waals surface area (Å²) in [6, 6.07) is 0.524. The predicted octanol–water partition coefficient (Wildman–Crippen LogP) is 1.20. The summed E-state index contributed by atoms with van der Waals surface area (Å²) in [7, 11) is 0. The van der Waals surface area contributed by atoms with Gasteiger partial charge in [0, 0.05) is 31.0 Å². The Bertz CT molecular complexity index is 399. The maximum absolute atomic E-state index is 11.9. The zero-order valence-electron chi connectivity index (χ0n) is 10.9. The van der Waals surface area contributed by atoms with Crippen molar-refractivity contribution in [3.05, 3.63) is 22.7 Å². The van der Waals surface area contributed by atoms with E-state index in [9.17, 15) is 4.79 Å². The maximum atomic E-state index is 11.9. The van der Waals surface area contributed by atoms with Crippen LogP contribution >= 0.6 is 0 Å². The van der Waals surface area contributed by atoms with E-state index in [2.05, 4.69) is 24.1 Å². The van der Waals surface area contributed by atoms with E-state index in [0.29, 0.717) is 19.2 Å². The first kappa shape index (κ1) is 13.7. The van der Waals surface area contributed by atoms with Crippen LogP contribution in [0.4, 0.5) is 0 Å². The topological polar surface area (TPSA) is 56.1 Å². The highest BCUT2D eigenvalue weighted by atomic mass is 16.5. The molecule has 0 bridgehead atoms. The second-order valence-electron chi connectivity index (χ2n) is 4.50. The van der Waals surface area contributed by atoms with Crippen LogP contribution in [0.1, 0.15) is 33.7 Å². The Kier molecular flexibility index (Phi) is 5.15. The monoisotopic (exact) mass is 239 g/mol. The largest absolute Gasteiger partial charge is 0.472 e. The minimum atomic E-state index is -0.174. The van der Waals surface area contributed by atoms with E-state index < -0.39 is 0 Å². The molecule has 0 aliphatic rings. The maximum Gasteiger partial charge on any atom is 0.313 e. The van der Waals surface area contributed by atoms with Crippen LogP contribution in [0.15, 0.2) is 17.2 Å². The van der Waals surface area contributed by atoms with E-state index in [4.69, 9.17) is 4.74 Å². The fourth-order valence-electron chi connectivity index (χ4n) is 1.41. The van der Waals surface area contributed by atoms with Crippen molar-refractivity contribution in [2.75, 3.05) is 13.2 Å². The van der Waals surface area contributed by atoms with Crippen molar-refractivity contribution in [3.63, 3.8) is 0 Å². The van der Waals surface area contributed by atoms with Crippen LogP contribution in [0.3, 0.4) is 0 Å². The van der Waals surface area contributed by atoms with Crippen LogP contribution in [0.5, 0.6) is 5.88 Å². The van der Waals surface area contributed by atoms with Crippen molar-refractivity contribution in [1.29, 1.82) is 0 Å². The first-order chi connectivity index (χ1) is 8.02. The number of nitrogens with zero attached hydrogens (tertiary/aromatic N) is 2. The fraction of sp³-hybridized carbons (Fsp3) is 0.667. The number of ether oxygens (including phenoxy) is 1. The molecule has 0 saturated carbocycles. The molecular weight excluding hydrogens is 218 g/mol. The summed E-state index contributed by atoms with van der Waals surface area (Å²) in [5.74, 6) is 0.173. The van der Waals surface area contributed by atoms with E-state index in [1.807, 2.05) is 13.8 Å². The summed E-state index contributed by atoms with van der Waals surface area (Å²) >= 11 is 0. The highest BCUT2D eigenvalue weighted by Crippen LogP contribution is 2.02. The lowest BCUT2D eigenvalue weighted by Crippen LogP contribution is -2.30. The summed E-state index contributed by atoms with van der Waals surface area (Å²) < 4.78 is 6.98. The molecule has 0 spiro atoms. The number of rotatable bonds is 6. The van der Waals surface area contributed by atoms with E-state index in [1.165, 1.54) is 0 Å². The minimum absolute atomic E-state index is 0.113. The third kappa shape index (κ3) is 4.19. The van der Waals surface area contributed by atoms with Gasteiger partial charge in [-0.2, -0.15) is 0 Å². The van der Waals surface area contributed by atoms with Crippen LogP contribution < -0.4 is 15.6 Å². The molecule has 1 rings (SSSR count). The van der Waals surface area contributed by atoms with Gasteiger partial charge in [0.25, 0.3) is 5.88 Å². The number of hydrogen-bond acceptors (Lipinski definition) is 4. The molecule has 0 aliphatic heterocycles. The Labute approximate surface area is 102 Å². The van der Waals surface area contributed by atoms with Gasteiger partial charge in [0.1, 0.15) is 6.61 Å². The van der Waals surface area contributed by atoms with Gasteiger partial charge in [-0.3, -0.25) is 4.79 Å². The molecule has 0 fully saturated rings. The van der Waals surface area contributed by atoms with Gasteiger partial charge < -0.3 is 14.6 Å². The van der Waals surface area contributed by atoms with Crippen molar-refractivity contribution < 1.29 is 4.74 Å². The Morgan fingerprint density at radius 1 is 1.41 bits per heavy atom. The van der Waals surface area contributed by atoms with Gasteiger partial charge >= 0.3 is 5.56 Å². The van der Waals surface area contributed by atoms with Crippen molar-refractivity contribution >= 4 is 0 Å². The number of nitrogens with one attached hydrogen (secondary N) is 1. The van der Waals surface area contributed by atoms with Gasteiger partial charge in [0.05, 0.1) is 0 Å². The average molecular weight is 239 g/mol. The minimum Gasteiger partial charge on any atom is -0.472 e. The molecule has 0 unspecified atom stereocenters. The lowest BCUT2D eigenvalue weighted by Gasteiger charge is -2.12. The molecule has 17 heavy (non-hydrogen) atoms. The van der Waals surface area contributed by atoms with Gasteiger partial charge in [-0.1, -0.05) is 13.8 Å². The van der Waals surface area contributed by atoms with E-state index >= 15 is 0 Å². The van der Waals surface area contributed by atoms with Crippen LogP contribution in [-0.2, 0) is 0 Å². The molecule has 1 N–H and O–H groups in total. The summed E-state index contributed by atoms with van der Waals surface area (Å²) in [5, 5.41) is 3.21. The van der Waals surface area contributed by atoms with Gasteiger partial charge in [0.2, 0.25) is 0 Å². The molecule has 1 aromatic rings. The van der Waals surface area contributed by atoms with Gasteiger partial charge in [-0.05, 0) is 13.8 Å². The lowest BCUT2D eigenvalue weighted by atomic mass is 10.4. The highest BCUT2D eigenvalue weighted by Gasteiger charge is 2.07. The van der Waals surface area contributed by atoms with E-state index in [0.717, 1.165) is 0 Å². The summed E-state index contributed by atoms with van der Waals surface area (Å²) in [6.45, 7) is 9.17. The second kappa shape index (κ2) is 6.39. The third-order valence-corrected chi connectivity index (χ3v) is 2.29. The van der Waals surface area contributed by atoms with Crippen LogP contribution in [-0.4, -0.2) is 28.7 Å². The molecule has 1 heterocycles. The zero-order chi connectivity index (χ0) is 12.8. The Hall–Kier alpha value is -1.36. The molecule has 96 valence electrons. The Morgan fingerprint density at radius 3 is 2.71 bits per heavy atom. The third-order valence-electron chi connectivity index (χ3n) is 2.29. The Balaban J connectivity index is 2.60. The summed E-state index contributed by atoms with van der Waals surface area (Å²) in [5.41, 5.74) is -0.174. The highest BCUT2D eigenvalue weighted by molar-refractivity contribution is 5.05. The molecule has 0 aliphatic carbocycles. The molecule has 0 amide bonds. The molecule has 5 heteroatoms. The molecule has 0 atom stereocenters. The second-order valence-corrected chi connectivity index (χ2v) is 4.50. The molecule has 0 saturated heterocycles. The van der Waals surface area contributed by atoms with Gasteiger partial charge in [-0.25, -0.2) is 4.98 Å². The SMILES string of the molecule is CC(C)NCCOc1nccn(C(C)C)c1=O. The zero-order valence-corrected chi connectivity index (χ0v) is 10.9. The van der Waals surface area contributed by atoms with Crippen molar-refractivity contribution in [2.24, 2.45) is 0 Å². The quantitative estimate of drug-likeness (QED) is 0.758. The standard InChI is InChI=1S/C12H21N3O2/c1-9(2)13-6-8-17-11-12(16)15(10(3)4)7-5-14-11/h5,7,9-10,13H,6,8H2,1-4H3. The van der Waals surface area contributed by atoms with Gasteiger partial charge in [-0.15, -0.1) is 0 Å². The van der Waals surface area contributed by atoms with Gasteiger partial charge in [0.15, 0.2) is 0 Å².